The zero-order chi connectivity index (χ0) is 21.4. The summed E-state index contributed by atoms with van der Waals surface area (Å²) >= 11 is 0. The minimum Gasteiger partial charge on any atom is -0.489 e. The number of hydrogen-bond donors (Lipinski definition) is 2. The monoisotopic (exact) mass is 422 g/mol. The Bertz CT molecular complexity index is 1130. The predicted octanol–water partition coefficient (Wildman–Crippen LogP) is 3.24. The van der Waals surface area contributed by atoms with E-state index >= 15 is 0 Å². The van der Waals surface area contributed by atoms with Crippen LogP contribution in [-0.2, 0) is 28.0 Å². The zero-order valence-electron chi connectivity index (χ0n) is 16.2. The van der Waals surface area contributed by atoms with Gasteiger partial charge < -0.3 is 10.1 Å². The van der Waals surface area contributed by atoms with Crippen molar-refractivity contribution in [2.75, 3.05) is 0 Å². The number of primary sulfonamides is 1. The van der Waals surface area contributed by atoms with Crippen molar-refractivity contribution in [3.8, 4) is 5.75 Å². The van der Waals surface area contributed by atoms with Gasteiger partial charge in [0.1, 0.15) is 12.4 Å². The number of rotatable bonds is 8. The second kappa shape index (κ2) is 9.87. The topological polar surface area (TPSA) is 98.5 Å². The van der Waals surface area contributed by atoms with Crippen LogP contribution in [0.25, 0.3) is 6.08 Å². The lowest BCUT2D eigenvalue weighted by molar-refractivity contribution is -0.116. The number of ether oxygens (including phenoxy) is 1. The van der Waals surface area contributed by atoms with Crippen LogP contribution < -0.4 is 15.2 Å². The largest absolute Gasteiger partial charge is 0.489 e. The van der Waals surface area contributed by atoms with Crippen molar-refractivity contribution in [3.63, 3.8) is 0 Å². The van der Waals surface area contributed by atoms with E-state index in [0.29, 0.717) is 6.61 Å². The van der Waals surface area contributed by atoms with Crippen molar-refractivity contribution in [2.24, 2.45) is 5.14 Å². The molecule has 154 valence electrons. The number of hydrogen-bond acceptors (Lipinski definition) is 4. The molecule has 1 amide bonds. The molecule has 0 aliphatic heterocycles. The maximum Gasteiger partial charge on any atom is 0.244 e. The van der Waals surface area contributed by atoms with Crippen molar-refractivity contribution in [1.29, 1.82) is 0 Å². The van der Waals surface area contributed by atoms with Crippen molar-refractivity contribution in [1.82, 2.24) is 5.32 Å². The van der Waals surface area contributed by atoms with E-state index in [0.717, 1.165) is 22.4 Å². The van der Waals surface area contributed by atoms with Gasteiger partial charge in [-0.3, -0.25) is 4.79 Å². The molecule has 0 aliphatic rings. The van der Waals surface area contributed by atoms with Gasteiger partial charge in [0.25, 0.3) is 0 Å². The van der Waals surface area contributed by atoms with Crippen LogP contribution in [0, 0.1) is 0 Å². The summed E-state index contributed by atoms with van der Waals surface area (Å²) in [6.45, 7) is 0.743. The van der Waals surface area contributed by atoms with E-state index in [9.17, 15) is 13.2 Å². The van der Waals surface area contributed by atoms with Gasteiger partial charge in [0.2, 0.25) is 15.9 Å². The van der Waals surface area contributed by atoms with Crippen LogP contribution in [-0.4, -0.2) is 14.3 Å². The number of nitrogens with one attached hydrogen (secondary N) is 1. The Morgan fingerprint density at radius 2 is 1.67 bits per heavy atom. The minimum atomic E-state index is -3.72. The average molecular weight is 423 g/mol. The number of carbonyl (C=O) groups is 1. The molecule has 0 aromatic heterocycles. The van der Waals surface area contributed by atoms with E-state index in [1.54, 1.807) is 18.2 Å². The highest BCUT2D eigenvalue weighted by atomic mass is 32.2. The van der Waals surface area contributed by atoms with Gasteiger partial charge in [-0.2, -0.15) is 0 Å². The highest BCUT2D eigenvalue weighted by Crippen LogP contribution is 2.16. The summed E-state index contributed by atoms with van der Waals surface area (Å²) < 4.78 is 28.3. The minimum absolute atomic E-state index is 0.0341. The van der Waals surface area contributed by atoms with E-state index in [-0.39, 0.29) is 17.3 Å². The van der Waals surface area contributed by atoms with Crippen LogP contribution in [0.2, 0.25) is 0 Å². The van der Waals surface area contributed by atoms with Gasteiger partial charge in [-0.1, -0.05) is 54.6 Å². The summed E-state index contributed by atoms with van der Waals surface area (Å²) in [6, 6.07) is 23.4. The molecule has 3 aromatic carbocycles. The molecule has 0 atom stereocenters. The lowest BCUT2D eigenvalue weighted by atomic mass is 10.2. The smallest absolute Gasteiger partial charge is 0.244 e. The maximum atomic E-state index is 12.1. The fourth-order valence-electron chi connectivity index (χ4n) is 2.67. The highest BCUT2D eigenvalue weighted by molar-refractivity contribution is 7.89. The van der Waals surface area contributed by atoms with E-state index in [4.69, 9.17) is 9.88 Å². The molecule has 0 saturated heterocycles. The van der Waals surface area contributed by atoms with E-state index in [1.807, 2.05) is 54.6 Å². The Balaban J connectivity index is 1.52. The molecule has 0 aliphatic carbocycles. The number of amides is 1. The molecule has 0 spiro atoms. The van der Waals surface area contributed by atoms with Gasteiger partial charge in [0, 0.05) is 12.6 Å². The standard InChI is InChI=1S/C23H22N2O4S/c24-30(27,28)22-12-9-19(10-13-22)16-25-23(26)14-11-18-7-4-8-21(15-18)29-17-20-5-2-1-3-6-20/h1-15H,16-17H2,(H,25,26)(H2,24,27,28)/b14-11+. The normalized spacial score (nSPS) is 11.4. The van der Waals surface area contributed by atoms with Gasteiger partial charge in [-0.25, -0.2) is 13.6 Å². The number of sulfonamides is 1. The quantitative estimate of drug-likeness (QED) is 0.545. The molecule has 0 unspecified atom stereocenters. The fourth-order valence-corrected chi connectivity index (χ4v) is 3.18. The number of carbonyl (C=O) groups excluding carboxylic acids is 1. The fraction of sp³-hybridized carbons (Fsp3) is 0.0870. The van der Waals surface area contributed by atoms with Gasteiger partial charge in [-0.05, 0) is 47.0 Å². The predicted molar refractivity (Wildman–Crippen MR) is 116 cm³/mol. The summed E-state index contributed by atoms with van der Waals surface area (Å²) in [5, 5.41) is 7.82. The molecule has 3 N–H and O–H groups in total. The van der Waals surface area contributed by atoms with E-state index < -0.39 is 10.0 Å². The van der Waals surface area contributed by atoms with Crippen molar-refractivity contribution in [2.45, 2.75) is 18.0 Å². The molecular weight excluding hydrogens is 400 g/mol. The van der Waals surface area contributed by atoms with Gasteiger partial charge in [0.05, 0.1) is 4.90 Å². The Hall–Kier alpha value is -3.42. The van der Waals surface area contributed by atoms with E-state index in [1.165, 1.54) is 18.2 Å². The number of nitrogens with two attached hydrogens (primary N) is 1. The third-order valence-electron chi connectivity index (χ3n) is 4.25. The molecule has 0 bridgehead atoms. The molecule has 3 rings (SSSR count). The SMILES string of the molecule is NS(=O)(=O)c1ccc(CNC(=O)/C=C/c2cccc(OCc3ccccc3)c2)cc1. The second-order valence-electron chi connectivity index (χ2n) is 6.59. The van der Waals surface area contributed by atoms with Gasteiger partial charge >= 0.3 is 0 Å². The Labute approximate surface area is 176 Å². The zero-order valence-corrected chi connectivity index (χ0v) is 17.0. The average Bonchev–Trinajstić information content (AvgIpc) is 2.75. The van der Waals surface area contributed by atoms with Gasteiger partial charge in [-0.15, -0.1) is 0 Å². The first-order valence-electron chi connectivity index (χ1n) is 9.24. The van der Waals surface area contributed by atoms with Crippen LogP contribution >= 0.6 is 0 Å². The molecule has 0 radical (unpaired) electrons. The molecular formula is C23H22N2O4S. The van der Waals surface area contributed by atoms with Crippen LogP contribution in [0.5, 0.6) is 5.75 Å². The van der Waals surface area contributed by atoms with Crippen LogP contribution in [0.4, 0.5) is 0 Å². The lowest BCUT2D eigenvalue weighted by Gasteiger charge is -2.07. The summed E-state index contributed by atoms with van der Waals surface area (Å²) in [5.41, 5.74) is 2.68. The Kier molecular flexibility index (Phi) is 7.00. The maximum absolute atomic E-state index is 12.1. The first-order chi connectivity index (χ1) is 14.4. The molecule has 6 nitrogen and oxygen atoms in total. The molecule has 3 aromatic rings. The van der Waals surface area contributed by atoms with Crippen LogP contribution in [0.3, 0.4) is 0 Å². The summed E-state index contributed by atoms with van der Waals surface area (Å²) in [4.78, 5) is 12.1. The van der Waals surface area contributed by atoms with Crippen LogP contribution in [0.1, 0.15) is 16.7 Å². The summed E-state index contributed by atoms with van der Waals surface area (Å²) in [7, 11) is -3.72. The first kappa shape index (κ1) is 21.3. The van der Waals surface area contributed by atoms with E-state index in [2.05, 4.69) is 5.32 Å². The number of benzene rings is 3. The first-order valence-corrected chi connectivity index (χ1v) is 10.8. The lowest BCUT2D eigenvalue weighted by Crippen LogP contribution is -2.20. The van der Waals surface area contributed by atoms with Gasteiger partial charge in [0.15, 0.2) is 0 Å². The van der Waals surface area contributed by atoms with Crippen molar-refractivity contribution in [3.05, 3.63) is 102 Å². The highest BCUT2D eigenvalue weighted by Gasteiger charge is 2.06. The molecule has 0 saturated carbocycles. The molecule has 0 heterocycles. The summed E-state index contributed by atoms with van der Waals surface area (Å²) in [5.74, 6) is 0.456. The molecule has 0 fully saturated rings. The van der Waals surface area contributed by atoms with Crippen molar-refractivity contribution >= 4 is 22.0 Å². The molecule has 7 heteroatoms. The Morgan fingerprint density at radius 1 is 0.933 bits per heavy atom. The third kappa shape index (κ3) is 6.58. The Morgan fingerprint density at radius 3 is 2.37 bits per heavy atom. The summed E-state index contributed by atoms with van der Waals surface area (Å²) in [6.07, 6.45) is 3.14. The molecule has 30 heavy (non-hydrogen) atoms. The van der Waals surface area contributed by atoms with Crippen molar-refractivity contribution < 1.29 is 17.9 Å². The second-order valence-corrected chi connectivity index (χ2v) is 8.15. The van der Waals surface area contributed by atoms with Crippen LogP contribution in [0.15, 0.2) is 89.8 Å². The third-order valence-corrected chi connectivity index (χ3v) is 5.18.